The van der Waals surface area contributed by atoms with Gasteiger partial charge in [0, 0.05) is 6.20 Å². The van der Waals surface area contributed by atoms with Gasteiger partial charge in [0.1, 0.15) is 30.0 Å². The first-order chi connectivity index (χ1) is 11.4. The van der Waals surface area contributed by atoms with Gasteiger partial charge in [0.05, 0.1) is 6.61 Å². The van der Waals surface area contributed by atoms with E-state index < -0.39 is 52.2 Å². The Hall–Kier alpha value is -1.07. The predicted molar refractivity (Wildman–Crippen MR) is 85.1 cm³/mol. The van der Waals surface area contributed by atoms with Gasteiger partial charge in [-0.1, -0.05) is 6.58 Å². The molecule has 7 N–H and O–H groups in total. The number of aliphatic hydroxyl groups is 2. The van der Waals surface area contributed by atoms with Gasteiger partial charge in [-0.25, -0.2) is 4.99 Å². The molecular formula is C11H19N3O9P2. The van der Waals surface area contributed by atoms with Crippen molar-refractivity contribution < 1.29 is 43.3 Å². The van der Waals surface area contributed by atoms with Gasteiger partial charge in [-0.2, -0.15) is 0 Å². The van der Waals surface area contributed by atoms with Crippen molar-refractivity contribution in [2.45, 2.75) is 24.5 Å². The van der Waals surface area contributed by atoms with E-state index in [0.717, 1.165) is 0 Å². The van der Waals surface area contributed by atoms with Crippen LogP contribution in [0, 0.1) is 0 Å². The summed E-state index contributed by atoms with van der Waals surface area (Å²) in [6, 6.07) is 0. The summed E-state index contributed by atoms with van der Waals surface area (Å²) in [5.41, 5.74) is 5.50. The van der Waals surface area contributed by atoms with Crippen LogP contribution in [0.25, 0.3) is 0 Å². The summed E-state index contributed by atoms with van der Waals surface area (Å²) in [5, 5.41) is 20.1. The molecule has 0 bridgehead atoms. The van der Waals surface area contributed by atoms with Gasteiger partial charge in [0.15, 0.2) is 12.1 Å². The molecule has 1 saturated heterocycles. The Morgan fingerprint density at radius 1 is 1.32 bits per heavy atom. The molecule has 0 aromatic rings. The van der Waals surface area contributed by atoms with Crippen molar-refractivity contribution in [1.82, 2.24) is 4.90 Å². The molecule has 0 spiro atoms. The second-order valence-corrected chi connectivity index (χ2v) is 9.46. The van der Waals surface area contributed by atoms with E-state index in [1.165, 1.54) is 17.2 Å². The minimum atomic E-state index is -4.77. The average molecular weight is 399 g/mol. The second kappa shape index (κ2) is 7.28. The van der Waals surface area contributed by atoms with Crippen LogP contribution in [0.1, 0.15) is 0 Å². The Bertz CT molecular complexity index is 690. The lowest BCUT2D eigenvalue weighted by molar-refractivity contribution is -0.0671. The van der Waals surface area contributed by atoms with E-state index in [-0.39, 0.29) is 11.7 Å². The van der Waals surface area contributed by atoms with Crippen molar-refractivity contribution in [3.8, 4) is 0 Å². The van der Waals surface area contributed by atoms with Crippen LogP contribution >= 0.6 is 15.2 Å². The summed E-state index contributed by atoms with van der Waals surface area (Å²) in [7, 11) is -9.37. The first kappa shape index (κ1) is 20.2. The number of ether oxygens (including phenoxy) is 1. The fraction of sp³-hybridized carbons (Fsp3) is 0.545. The van der Waals surface area contributed by atoms with Crippen LogP contribution in [-0.4, -0.2) is 72.7 Å². The van der Waals surface area contributed by atoms with E-state index in [0.29, 0.717) is 0 Å². The third-order valence-corrected chi connectivity index (χ3v) is 6.83. The lowest BCUT2D eigenvalue weighted by Crippen LogP contribution is -2.42. The summed E-state index contributed by atoms with van der Waals surface area (Å²) < 4.78 is 32.4. The minimum Gasteiger partial charge on any atom is -0.387 e. The summed E-state index contributed by atoms with van der Waals surface area (Å²) >= 11 is 0. The number of rotatable bonds is 6. The standard InChI is InChI=1S/C11H19N3O9P2/c1-6-13-8(12)2-3-14(6)11-10(16)9(15)7(23-11)4-22-25(20,21)5-24(17,18)19/h2-3,7,9-11,15-16H,1,4-5H2,(H2,12,13)(H,20,21)(H2,17,18,19)/t7-,9?,10+,11-/m1/s1. The molecule has 2 unspecified atom stereocenters. The largest absolute Gasteiger partial charge is 0.387 e. The smallest absolute Gasteiger partial charge is 0.340 e. The number of hydrogen-bond acceptors (Lipinski definition) is 9. The molecule has 2 aliphatic rings. The first-order valence-electron chi connectivity index (χ1n) is 6.92. The molecule has 0 aliphatic carbocycles. The molecule has 5 atom stereocenters. The van der Waals surface area contributed by atoms with Gasteiger partial charge in [-0.15, -0.1) is 0 Å². The summed E-state index contributed by atoms with van der Waals surface area (Å²) in [6.45, 7) is 2.96. The van der Waals surface area contributed by atoms with Gasteiger partial charge in [-0.3, -0.25) is 9.13 Å². The van der Waals surface area contributed by atoms with E-state index in [4.69, 9.17) is 20.3 Å². The topological polar surface area (TPSA) is 195 Å². The van der Waals surface area contributed by atoms with Crippen molar-refractivity contribution in [1.29, 1.82) is 0 Å². The number of aliphatic hydroxyl groups excluding tert-OH is 2. The highest BCUT2D eigenvalue weighted by Gasteiger charge is 2.47. The predicted octanol–water partition coefficient (Wildman–Crippen LogP) is -1.57. The Balaban J connectivity index is 2.01. The van der Waals surface area contributed by atoms with E-state index in [2.05, 4.69) is 16.1 Å². The zero-order valence-electron chi connectivity index (χ0n) is 12.8. The molecule has 2 heterocycles. The number of amidine groups is 1. The van der Waals surface area contributed by atoms with Crippen LogP contribution in [0.5, 0.6) is 0 Å². The van der Waals surface area contributed by atoms with Gasteiger partial charge >= 0.3 is 15.2 Å². The lowest BCUT2D eigenvalue weighted by Gasteiger charge is -2.30. The van der Waals surface area contributed by atoms with Crippen molar-refractivity contribution in [2.24, 2.45) is 10.7 Å². The number of nitrogens with zero attached hydrogens (tertiary/aromatic N) is 2. The van der Waals surface area contributed by atoms with Crippen molar-refractivity contribution in [3.05, 3.63) is 24.7 Å². The third-order valence-electron chi connectivity index (χ3n) is 3.38. The normalized spacial score (nSPS) is 32.6. The highest BCUT2D eigenvalue weighted by atomic mass is 31.2. The Morgan fingerprint density at radius 3 is 2.52 bits per heavy atom. The van der Waals surface area contributed by atoms with Gasteiger partial charge in [-0.05, 0) is 6.08 Å². The SMILES string of the molecule is C=C1N=C(N)C=CN1[C@@H]1O[C@H](COP(=O)(O)CP(=O)(O)O)C(O)[C@@H]1O. The van der Waals surface area contributed by atoms with Gasteiger partial charge < -0.3 is 44.8 Å². The second-order valence-electron chi connectivity index (χ2n) is 5.46. The molecule has 0 amide bonds. The molecule has 0 saturated carbocycles. The van der Waals surface area contributed by atoms with Gasteiger partial charge in [0.25, 0.3) is 0 Å². The molecule has 12 nitrogen and oxygen atoms in total. The quantitative estimate of drug-likeness (QED) is 0.282. The zero-order chi connectivity index (χ0) is 19.0. The minimum absolute atomic E-state index is 0.146. The molecule has 0 aromatic heterocycles. The Morgan fingerprint density at radius 2 is 1.96 bits per heavy atom. The van der Waals surface area contributed by atoms with Crippen LogP contribution in [-0.2, 0) is 18.4 Å². The molecule has 14 heteroatoms. The van der Waals surface area contributed by atoms with E-state index in [1.807, 2.05) is 0 Å². The van der Waals surface area contributed by atoms with Crippen LogP contribution < -0.4 is 5.73 Å². The van der Waals surface area contributed by atoms with E-state index in [1.54, 1.807) is 0 Å². The maximum Gasteiger partial charge on any atom is 0.340 e. The molecular weight excluding hydrogens is 380 g/mol. The molecule has 25 heavy (non-hydrogen) atoms. The van der Waals surface area contributed by atoms with Crippen LogP contribution in [0.3, 0.4) is 0 Å². The molecule has 2 aliphatic heterocycles. The van der Waals surface area contributed by atoms with Crippen LogP contribution in [0.4, 0.5) is 0 Å². The number of aliphatic imine (C=N–C) groups is 1. The lowest BCUT2D eigenvalue weighted by atomic mass is 10.1. The van der Waals surface area contributed by atoms with E-state index >= 15 is 0 Å². The average Bonchev–Trinajstić information content (AvgIpc) is 2.71. The summed E-state index contributed by atoms with van der Waals surface area (Å²) in [4.78, 5) is 32.1. The van der Waals surface area contributed by atoms with E-state index in [9.17, 15) is 24.2 Å². The first-order valence-corrected chi connectivity index (χ1v) is 10.5. The molecule has 0 aromatic carbocycles. The summed E-state index contributed by atoms with van der Waals surface area (Å²) in [5.74, 6) is -1.03. The van der Waals surface area contributed by atoms with Crippen LogP contribution in [0.2, 0.25) is 0 Å². The highest BCUT2D eigenvalue weighted by Crippen LogP contribution is 2.55. The number of hydrogen-bond donors (Lipinski definition) is 6. The van der Waals surface area contributed by atoms with Gasteiger partial charge in [0.2, 0.25) is 0 Å². The highest BCUT2D eigenvalue weighted by molar-refractivity contribution is 7.70. The number of nitrogens with two attached hydrogens (primary N) is 1. The Labute approximate surface area is 142 Å². The van der Waals surface area contributed by atoms with Crippen molar-refractivity contribution in [3.63, 3.8) is 0 Å². The molecule has 0 radical (unpaired) electrons. The van der Waals surface area contributed by atoms with Crippen molar-refractivity contribution >= 4 is 21.0 Å². The van der Waals surface area contributed by atoms with Crippen LogP contribution in [0.15, 0.2) is 29.7 Å². The maximum atomic E-state index is 11.6. The monoisotopic (exact) mass is 399 g/mol. The van der Waals surface area contributed by atoms with Crippen molar-refractivity contribution in [2.75, 3.05) is 12.5 Å². The molecule has 1 fully saturated rings. The molecule has 2 rings (SSSR count). The summed E-state index contributed by atoms with van der Waals surface area (Å²) in [6.07, 6.45) is -2.39. The molecule has 142 valence electrons. The maximum absolute atomic E-state index is 11.6. The Kier molecular flexibility index (Phi) is 5.89. The fourth-order valence-corrected chi connectivity index (χ4v) is 4.85. The zero-order valence-corrected chi connectivity index (χ0v) is 14.6. The fourth-order valence-electron chi connectivity index (χ4n) is 2.28. The third kappa shape index (κ3) is 5.20.